The van der Waals surface area contributed by atoms with Crippen LogP contribution in [0.1, 0.15) is 12.5 Å². The number of sulfonamides is 1. The van der Waals surface area contributed by atoms with Gasteiger partial charge in [-0.2, -0.15) is 0 Å². The van der Waals surface area contributed by atoms with Crippen LogP contribution in [0, 0.1) is 10.5 Å². The van der Waals surface area contributed by atoms with Crippen LogP contribution in [0.2, 0.25) is 0 Å². The van der Waals surface area contributed by atoms with E-state index in [-0.39, 0.29) is 10.8 Å². The first-order valence-corrected chi connectivity index (χ1v) is 9.54. The number of aryl methyl sites for hydroxylation is 1. The summed E-state index contributed by atoms with van der Waals surface area (Å²) in [6, 6.07) is 9.71. The highest BCUT2D eigenvalue weighted by Crippen LogP contribution is 2.29. The molecule has 1 amide bonds. The van der Waals surface area contributed by atoms with Crippen LogP contribution in [0.5, 0.6) is 5.75 Å². The fourth-order valence-corrected chi connectivity index (χ4v) is 3.89. The number of halogens is 1. The van der Waals surface area contributed by atoms with E-state index in [1.54, 1.807) is 6.07 Å². The number of carbonyl (C=O) groups is 1. The number of anilines is 2. The molecule has 6 nitrogen and oxygen atoms in total. The second-order valence-corrected chi connectivity index (χ2v) is 8.04. The van der Waals surface area contributed by atoms with Crippen molar-refractivity contribution in [1.82, 2.24) is 0 Å². The zero-order chi connectivity index (χ0) is 17.9. The van der Waals surface area contributed by atoms with Gasteiger partial charge in [0.05, 0.1) is 23.4 Å². The minimum absolute atomic E-state index is 0.0324. The molecule has 0 bridgehead atoms. The fourth-order valence-electron chi connectivity index (χ4n) is 2.09. The lowest BCUT2D eigenvalue weighted by Crippen LogP contribution is -2.15. The normalized spacial score (nSPS) is 11.0. The summed E-state index contributed by atoms with van der Waals surface area (Å²) in [6.45, 7) is 3.17. The molecule has 0 heterocycles. The Balaban J connectivity index is 2.40. The van der Waals surface area contributed by atoms with Crippen molar-refractivity contribution < 1.29 is 17.9 Å². The van der Waals surface area contributed by atoms with E-state index in [2.05, 4.69) is 32.6 Å². The van der Waals surface area contributed by atoms with E-state index < -0.39 is 10.0 Å². The highest BCUT2D eigenvalue weighted by atomic mass is 127. The number of benzene rings is 2. The zero-order valence-corrected chi connectivity index (χ0v) is 16.4. The molecule has 0 aliphatic carbocycles. The molecular weight excluding hydrogens is 443 g/mol. The highest BCUT2D eigenvalue weighted by Gasteiger charge is 2.18. The van der Waals surface area contributed by atoms with Gasteiger partial charge >= 0.3 is 0 Å². The molecule has 0 aliphatic rings. The minimum atomic E-state index is -3.79. The summed E-state index contributed by atoms with van der Waals surface area (Å²) >= 11 is 2.16. The molecule has 8 heteroatoms. The first-order chi connectivity index (χ1) is 11.2. The van der Waals surface area contributed by atoms with Gasteiger partial charge in [0.1, 0.15) is 5.75 Å². The monoisotopic (exact) mass is 460 g/mol. The topological polar surface area (TPSA) is 84.5 Å². The largest absolute Gasteiger partial charge is 0.495 e. The van der Waals surface area contributed by atoms with Crippen LogP contribution in [0.25, 0.3) is 0 Å². The Hall–Kier alpha value is -1.81. The van der Waals surface area contributed by atoms with Gasteiger partial charge in [0.2, 0.25) is 5.91 Å². The maximum absolute atomic E-state index is 12.6. The Labute approximate surface area is 154 Å². The van der Waals surface area contributed by atoms with Gasteiger partial charge in [-0.05, 0) is 71.5 Å². The van der Waals surface area contributed by atoms with E-state index in [1.165, 1.54) is 32.2 Å². The highest BCUT2D eigenvalue weighted by molar-refractivity contribution is 14.1. The van der Waals surface area contributed by atoms with Gasteiger partial charge in [-0.25, -0.2) is 8.42 Å². The van der Waals surface area contributed by atoms with Gasteiger partial charge in [0, 0.05) is 10.5 Å². The lowest BCUT2D eigenvalue weighted by Gasteiger charge is -2.14. The summed E-state index contributed by atoms with van der Waals surface area (Å²) in [7, 11) is -2.34. The summed E-state index contributed by atoms with van der Waals surface area (Å²) in [4.78, 5) is 11.3. The number of hydrogen-bond acceptors (Lipinski definition) is 4. The van der Waals surface area contributed by atoms with E-state index in [9.17, 15) is 13.2 Å². The maximum atomic E-state index is 12.6. The zero-order valence-electron chi connectivity index (χ0n) is 13.4. The molecule has 2 aromatic carbocycles. The number of rotatable bonds is 5. The Morgan fingerprint density at radius 1 is 1.12 bits per heavy atom. The Morgan fingerprint density at radius 2 is 1.83 bits per heavy atom. The van der Waals surface area contributed by atoms with Crippen molar-refractivity contribution in [1.29, 1.82) is 0 Å². The molecule has 24 heavy (non-hydrogen) atoms. The van der Waals surface area contributed by atoms with E-state index in [0.29, 0.717) is 17.1 Å². The molecule has 0 fully saturated rings. The van der Waals surface area contributed by atoms with E-state index >= 15 is 0 Å². The first kappa shape index (κ1) is 18.5. The molecule has 2 rings (SSSR count). The Bertz CT molecular complexity index is 882. The SMILES string of the molecule is COc1ccc(S(=O)(=O)Nc2ccc(I)cc2C)cc1NC(C)=O. The summed E-state index contributed by atoms with van der Waals surface area (Å²) in [5.41, 5.74) is 1.63. The molecule has 0 spiro atoms. The van der Waals surface area contributed by atoms with Crippen molar-refractivity contribution in [2.45, 2.75) is 18.7 Å². The third kappa shape index (κ3) is 4.38. The van der Waals surface area contributed by atoms with Crippen LogP contribution in [0.4, 0.5) is 11.4 Å². The lowest BCUT2D eigenvalue weighted by atomic mass is 10.2. The number of methoxy groups -OCH3 is 1. The van der Waals surface area contributed by atoms with Crippen LogP contribution in [0.15, 0.2) is 41.3 Å². The lowest BCUT2D eigenvalue weighted by molar-refractivity contribution is -0.114. The van der Waals surface area contributed by atoms with Crippen LogP contribution in [0.3, 0.4) is 0 Å². The summed E-state index contributed by atoms with van der Waals surface area (Å²) in [6.07, 6.45) is 0. The molecule has 0 atom stereocenters. The third-order valence-electron chi connectivity index (χ3n) is 3.22. The molecule has 0 saturated heterocycles. The quantitative estimate of drug-likeness (QED) is 0.671. The van der Waals surface area contributed by atoms with Crippen molar-refractivity contribution in [3.63, 3.8) is 0 Å². The Kier molecular flexibility index (Phi) is 5.70. The van der Waals surface area contributed by atoms with Crippen LogP contribution in [-0.2, 0) is 14.8 Å². The van der Waals surface area contributed by atoms with Gasteiger partial charge in [-0.1, -0.05) is 0 Å². The van der Waals surface area contributed by atoms with Crippen LogP contribution < -0.4 is 14.8 Å². The number of hydrogen-bond donors (Lipinski definition) is 2. The first-order valence-electron chi connectivity index (χ1n) is 6.97. The van der Waals surface area contributed by atoms with Gasteiger partial charge in [-0.15, -0.1) is 0 Å². The number of nitrogens with one attached hydrogen (secondary N) is 2. The van der Waals surface area contributed by atoms with Crippen molar-refractivity contribution in [2.75, 3.05) is 17.1 Å². The molecule has 2 aromatic rings. The van der Waals surface area contributed by atoms with E-state index in [0.717, 1.165) is 9.13 Å². The van der Waals surface area contributed by atoms with Crippen LogP contribution in [-0.4, -0.2) is 21.4 Å². The summed E-state index contributed by atoms with van der Waals surface area (Å²) in [5, 5.41) is 2.56. The molecule has 0 aromatic heterocycles. The van der Waals surface area contributed by atoms with Gasteiger partial charge in [-0.3, -0.25) is 9.52 Å². The minimum Gasteiger partial charge on any atom is -0.495 e. The second kappa shape index (κ2) is 7.39. The third-order valence-corrected chi connectivity index (χ3v) is 5.26. The van der Waals surface area contributed by atoms with Gasteiger partial charge in [0.25, 0.3) is 10.0 Å². The van der Waals surface area contributed by atoms with Crippen molar-refractivity contribution in [3.05, 3.63) is 45.5 Å². The molecule has 0 aliphatic heterocycles. The number of ether oxygens (including phenoxy) is 1. The predicted octanol–water partition coefficient (Wildman–Crippen LogP) is 3.37. The fraction of sp³-hybridized carbons (Fsp3) is 0.188. The van der Waals surface area contributed by atoms with Gasteiger partial charge in [0.15, 0.2) is 0 Å². The standard InChI is InChI=1S/C16H17IN2O4S/c1-10-8-12(17)4-6-14(10)19-24(21,22)13-5-7-16(23-3)15(9-13)18-11(2)20/h4-9,19H,1-3H3,(H,18,20). The molecule has 0 saturated carbocycles. The summed E-state index contributed by atoms with van der Waals surface area (Å²) in [5.74, 6) is 0.0684. The smallest absolute Gasteiger partial charge is 0.261 e. The number of amides is 1. The molecular formula is C16H17IN2O4S. The van der Waals surface area contributed by atoms with Gasteiger partial charge < -0.3 is 10.1 Å². The van der Waals surface area contributed by atoms with E-state index in [1.807, 2.05) is 19.1 Å². The molecule has 128 valence electrons. The van der Waals surface area contributed by atoms with Crippen molar-refractivity contribution >= 4 is 49.9 Å². The van der Waals surface area contributed by atoms with Crippen molar-refractivity contribution in [2.24, 2.45) is 0 Å². The second-order valence-electron chi connectivity index (χ2n) is 5.11. The van der Waals surface area contributed by atoms with E-state index in [4.69, 9.17) is 4.74 Å². The predicted molar refractivity (Wildman–Crippen MR) is 102 cm³/mol. The van der Waals surface area contributed by atoms with Crippen LogP contribution >= 0.6 is 22.6 Å². The average Bonchev–Trinajstić information content (AvgIpc) is 2.49. The molecule has 0 radical (unpaired) electrons. The summed E-state index contributed by atoms with van der Waals surface area (Å²) < 4.78 is 33.9. The van der Waals surface area contributed by atoms with Crippen molar-refractivity contribution in [3.8, 4) is 5.75 Å². The molecule has 0 unspecified atom stereocenters. The molecule has 2 N–H and O–H groups in total. The average molecular weight is 460 g/mol. The maximum Gasteiger partial charge on any atom is 0.261 e. The number of carbonyl (C=O) groups excluding carboxylic acids is 1. The Morgan fingerprint density at radius 3 is 2.42 bits per heavy atom.